The highest BCUT2D eigenvalue weighted by atomic mass is 15.1. The van der Waals surface area contributed by atoms with Crippen molar-refractivity contribution in [1.29, 1.82) is 0 Å². The third-order valence-electron chi connectivity index (χ3n) is 3.78. The van der Waals surface area contributed by atoms with Crippen LogP contribution in [0.3, 0.4) is 0 Å². The predicted octanol–water partition coefficient (Wildman–Crippen LogP) is 4.30. The molecule has 0 aromatic heterocycles. The second-order valence-corrected chi connectivity index (χ2v) is 6.07. The maximum Gasteiger partial charge on any atom is 0.0462 e. The molecule has 1 aliphatic rings. The number of rotatable bonds is 5. The summed E-state index contributed by atoms with van der Waals surface area (Å²) in [6.07, 6.45) is 19.2. The largest absolute Gasteiger partial charge is 0.378 e. The van der Waals surface area contributed by atoms with Gasteiger partial charge in [-0.3, -0.25) is 4.90 Å². The Labute approximate surface area is 140 Å². The zero-order chi connectivity index (χ0) is 16.7. The summed E-state index contributed by atoms with van der Waals surface area (Å²) in [5.74, 6) is 0. The molecule has 0 aliphatic heterocycles. The van der Waals surface area contributed by atoms with Crippen LogP contribution < -0.4 is 4.90 Å². The molecule has 2 nitrogen and oxygen atoms in total. The highest BCUT2D eigenvalue weighted by molar-refractivity contribution is 5.56. The van der Waals surface area contributed by atoms with E-state index in [4.69, 9.17) is 0 Å². The van der Waals surface area contributed by atoms with Crippen molar-refractivity contribution in [2.75, 3.05) is 33.1 Å². The van der Waals surface area contributed by atoms with Crippen molar-refractivity contribution in [2.45, 2.75) is 6.04 Å². The van der Waals surface area contributed by atoms with Gasteiger partial charge in [-0.2, -0.15) is 0 Å². The van der Waals surface area contributed by atoms with Gasteiger partial charge in [-0.05, 0) is 37.4 Å². The van der Waals surface area contributed by atoms with Gasteiger partial charge in [0.15, 0.2) is 0 Å². The van der Waals surface area contributed by atoms with Crippen molar-refractivity contribution in [2.24, 2.45) is 0 Å². The van der Waals surface area contributed by atoms with Crippen LogP contribution in [-0.4, -0.2) is 39.1 Å². The molecule has 23 heavy (non-hydrogen) atoms. The summed E-state index contributed by atoms with van der Waals surface area (Å²) in [5, 5.41) is 0. The van der Waals surface area contributed by atoms with E-state index < -0.39 is 0 Å². The molecular formula is C21H26N2. The normalized spacial score (nSPS) is 17.6. The van der Waals surface area contributed by atoms with Crippen LogP contribution in [0.4, 0.5) is 5.69 Å². The van der Waals surface area contributed by atoms with Crippen molar-refractivity contribution >= 4 is 11.8 Å². The van der Waals surface area contributed by atoms with Gasteiger partial charge in [-0.25, -0.2) is 0 Å². The van der Waals surface area contributed by atoms with E-state index in [0.29, 0.717) is 6.04 Å². The topological polar surface area (TPSA) is 6.48 Å². The van der Waals surface area contributed by atoms with E-state index in [1.54, 1.807) is 0 Å². The summed E-state index contributed by atoms with van der Waals surface area (Å²) in [7, 11) is 8.28. The Morgan fingerprint density at radius 1 is 0.826 bits per heavy atom. The van der Waals surface area contributed by atoms with Crippen LogP contribution in [0.25, 0.3) is 6.08 Å². The van der Waals surface area contributed by atoms with Gasteiger partial charge in [0.1, 0.15) is 0 Å². The SMILES string of the molecule is CN(C)c1ccc(C=CC=CC=C2C=CC(N(C)C)C=C2)cc1. The fourth-order valence-corrected chi connectivity index (χ4v) is 2.28. The second-order valence-electron chi connectivity index (χ2n) is 6.07. The van der Waals surface area contributed by atoms with Gasteiger partial charge in [0.05, 0.1) is 0 Å². The van der Waals surface area contributed by atoms with E-state index in [0.717, 1.165) is 0 Å². The van der Waals surface area contributed by atoms with E-state index >= 15 is 0 Å². The van der Waals surface area contributed by atoms with Crippen molar-refractivity contribution in [3.8, 4) is 0 Å². The van der Waals surface area contributed by atoms with Gasteiger partial charge >= 0.3 is 0 Å². The van der Waals surface area contributed by atoms with E-state index in [1.165, 1.54) is 16.8 Å². The third-order valence-corrected chi connectivity index (χ3v) is 3.78. The lowest BCUT2D eigenvalue weighted by Crippen LogP contribution is -2.24. The van der Waals surface area contributed by atoms with Gasteiger partial charge in [0.25, 0.3) is 0 Å². The molecule has 0 spiro atoms. The monoisotopic (exact) mass is 306 g/mol. The summed E-state index contributed by atoms with van der Waals surface area (Å²) in [4.78, 5) is 4.29. The first-order valence-electron chi connectivity index (χ1n) is 7.91. The Hall–Kier alpha value is -2.32. The van der Waals surface area contributed by atoms with Crippen LogP contribution in [-0.2, 0) is 0 Å². The molecule has 0 atom stereocenters. The van der Waals surface area contributed by atoms with E-state index in [1.807, 2.05) is 0 Å². The molecule has 0 saturated heterocycles. The molecule has 0 saturated carbocycles. The minimum atomic E-state index is 0.404. The Balaban J connectivity index is 1.88. The number of likely N-dealkylation sites (N-methyl/N-ethyl adjacent to an activating group) is 1. The van der Waals surface area contributed by atoms with Crippen LogP contribution >= 0.6 is 0 Å². The number of anilines is 1. The molecule has 0 heterocycles. The second kappa shape index (κ2) is 8.35. The zero-order valence-electron chi connectivity index (χ0n) is 14.5. The first-order valence-corrected chi connectivity index (χ1v) is 7.91. The molecular weight excluding hydrogens is 280 g/mol. The lowest BCUT2D eigenvalue weighted by Gasteiger charge is -2.19. The lowest BCUT2D eigenvalue weighted by molar-refractivity contribution is 0.390. The molecule has 1 aromatic carbocycles. The van der Waals surface area contributed by atoms with Crippen LogP contribution in [0, 0.1) is 0 Å². The van der Waals surface area contributed by atoms with E-state index in [9.17, 15) is 0 Å². The summed E-state index contributed by atoms with van der Waals surface area (Å²) >= 11 is 0. The van der Waals surface area contributed by atoms with E-state index in [-0.39, 0.29) is 0 Å². The summed E-state index contributed by atoms with van der Waals surface area (Å²) in [6, 6.07) is 8.92. The van der Waals surface area contributed by atoms with Crippen molar-refractivity contribution in [3.05, 3.63) is 84.0 Å². The van der Waals surface area contributed by atoms with Crippen molar-refractivity contribution in [1.82, 2.24) is 4.90 Å². The van der Waals surface area contributed by atoms with Gasteiger partial charge in [0, 0.05) is 25.8 Å². The number of hydrogen-bond donors (Lipinski definition) is 0. The third kappa shape index (κ3) is 5.42. The maximum atomic E-state index is 2.21. The fraction of sp³-hybridized carbons (Fsp3) is 0.238. The standard InChI is InChI=1S/C21H26N2/c1-22(2)20-14-10-18(11-15-20)8-6-5-7-9-19-12-16-21(17-13-19)23(3)4/h5-17,20H,1-4H3. The molecule has 120 valence electrons. The summed E-state index contributed by atoms with van der Waals surface area (Å²) < 4.78 is 0. The molecule has 0 amide bonds. The summed E-state index contributed by atoms with van der Waals surface area (Å²) in [6.45, 7) is 0. The van der Waals surface area contributed by atoms with Gasteiger partial charge in [-0.15, -0.1) is 0 Å². The molecule has 1 aromatic rings. The number of benzene rings is 1. The van der Waals surface area contributed by atoms with Crippen LogP contribution in [0.1, 0.15) is 5.56 Å². The Morgan fingerprint density at radius 3 is 2.04 bits per heavy atom. The Bertz CT molecular complexity index is 625. The van der Waals surface area contributed by atoms with Gasteiger partial charge < -0.3 is 4.90 Å². The number of allylic oxidation sites excluding steroid dienone is 7. The minimum absolute atomic E-state index is 0.404. The highest BCUT2D eigenvalue weighted by Crippen LogP contribution is 2.13. The average molecular weight is 306 g/mol. The molecule has 2 heteroatoms. The van der Waals surface area contributed by atoms with Crippen LogP contribution in [0.15, 0.2) is 78.4 Å². The first kappa shape index (κ1) is 17.0. The Kier molecular flexibility index (Phi) is 6.19. The average Bonchev–Trinajstić information content (AvgIpc) is 2.55. The lowest BCUT2D eigenvalue weighted by atomic mass is 10.1. The Morgan fingerprint density at radius 2 is 1.48 bits per heavy atom. The van der Waals surface area contributed by atoms with Crippen molar-refractivity contribution < 1.29 is 0 Å². The molecule has 0 radical (unpaired) electrons. The molecule has 1 aliphatic carbocycles. The quantitative estimate of drug-likeness (QED) is 0.748. The van der Waals surface area contributed by atoms with Gasteiger partial charge in [-0.1, -0.05) is 66.8 Å². The zero-order valence-corrected chi connectivity index (χ0v) is 14.5. The van der Waals surface area contributed by atoms with Gasteiger partial charge in [0.2, 0.25) is 0 Å². The van der Waals surface area contributed by atoms with E-state index in [2.05, 4.69) is 117 Å². The highest BCUT2D eigenvalue weighted by Gasteiger charge is 2.05. The number of hydrogen-bond acceptors (Lipinski definition) is 2. The molecule has 0 fully saturated rings. The summed E-state index contributed by atoms with van der Waals surface area (Å²) in [5.41, 5.74) is 3.65. The van der Waals surface area contributed by atoms with Crippen molar-refractivity contribution in [3.63, 3.8) is 0 Å². The molecule has 0 unspecified atom stereocenters. The minimum Gasteiger partial charge on any atom is -0.378 e. The fourth-order valence-electron chi connectivity index (χ4n) is 2.28. The molecule has 2 rings (SSSR count). The number of nitrogens with zero attached hydrogens (tertiary/aromatic N) is 2. The smallest absolute Gasteiger partial charge is 0.0462 e. The van der Waals surface area contributed by atoms with Crippen LogP contribution in [0.2, 0.25) is 0 Å². The first-order chi connectivity index (χ1) is 11.1. The molecule has 0 bridgehead atoms. The maximum absolute atomic E-state index is 2.21. The molecule has 0 N–H and O–H groups in total. The predicted molar refractivity (Wildman–Crippen MR) is 103 cm³/mol. The van der Waals surface area contributed by atoms with Crippen LogP contribution in [0.5, 0.6) is 0 Å².